The van der Waals surface area contributed by atoms with Gasteiger partial charge in [-0.3, -0.25) is 0 Å². The van der Waals surface area contributed by atoms with E-state index in [9.17, 15) is 5.11 Å². The molecule has 0 aliphatic heterocycles. The first-order valence-electron chi connectivity index (χ1n) is 4.73. The molecule has 0 aromatic heterocycles. The summed E-state index contributed by atoms with van der Waals surface area (Å²) in [6.45, 7) is 2.22. The molecule has 1 atom stereocenters. The molecule has 1 aliphatic rings. The summed E-state index contributed by atoms with van der Waals surface area (Å²) in [5.41, 5.74) is 0. The molecule has 0 bridgehead atoms. The van der Waals surface area contributed by atoms with Crippen LogP contribution in [0.5, 0.6) is 0 Å². The van der Waals surface area contributed by atoms with Gasteiger partial charge in [-0.1, -0.05) is 5.92 Å². The third-order valence-electron chi connectivity index (χ3n) is 1.97. The number of aliphatic hydroxyl groups excluding tert-OH is 1. The Morgan fingerprint density at radius 3 is 3.00 bits per heavy atom. The third-order valence-corrected chi connectivity index (χ3v) is 1.97. The molecule has 13 heavy (non-hydrogen) atoms. The lowest BCUT2D eigenvalue weighted by molar-refractivity contribution is 0.0331. The van der Waals surface area contributed by atoms with E-state index in [4.69, 9.17) is 11.2 Å². The highest BCUT2D eigenvalue weighted by atomic mass is 16.5. The Kier molecular flexibility index (Phi) is 4.84. The molecule has 1 aliphatic carbocycles. The largest absolute Gasteiger partial charge is 0.389 e. The quantitative estimate of drug-likeness (QED) is 0.431. The number of ether oxygens (including phenoxy) is 1. The van der Waals surface area contributed by atoms with Crippen molar-refractivity contribution in [2.75, 3.05) is 26.3 Å². The van der Waals surface area contributed by atoms with Gasteiger partial charge >= 0.3 is 0 Å². The van der Waals surface area contributed by atoms with Gasteiger partial charge in [0, 0.05) is 13.2 Å². The highest BCUT2D eigenvalue weighted by Gasteiger charge is 2.21. The SMILES string of the molecule is C#CCNCC(O)COCC1CC1. The van der Waals surface area contributed by atoms with Crippen molar-refractivity contribution in [3.05, 3.63) is 0 Å². The van der Waals surface area contributed by atoms with Gasteiger partial charge in [-0.15, -0.1) is 6.42 Å². The first-order chi connectivity index (χ1) is 6.33. The second-order valence-corrected chi connectivity index (χ2v) is 3.47. The molecule has 0 saturated heterocycles. The third kappa shape index (κ3) is 5.64. The van der Waals surface area contributed by atoms with Gasteiger partial charge in [0.05, 0.1) is 19.3 Å². The van der Waals surface area contributed by atoms with Crippen molar-refractivity contribution in [1.82, 2.24) is 5.32 Å². The van der Waals surface area contributed by atoms with Crippen molar-refractivity contribution < 1.29 is 9.84 Å². The first kappa shape index (κ1) is 10.5. The molecule has 3 nitrogen and oxygen atoms in total. The van der Waals surface area contributed by atoms with Gasteiger partial charge in [-0.2, -0.15) is 0 Å². The lowest BCUT2D eigenvalue weighted by atomic mass is 10.3. The lowest BCUT2D eigenvalue weighted by Crippen LogP contribution is -2.30. The van der Waals surface area contributed by atoms with Crippen molar-refractivity contribution in [2.45, 2.75) is 18.9 Å². The molecular formula is C10H17NO2. The molecule has 1 unspecified atom stereocenters. The van der Waals surface area contributed by atoms with Crippen LogP contribution in [0.2, 0.25) is 0 Å². The molecule has 3 heteroatoms. The molecular weight excluding hydrogens is 166 g/mol. The van der Waals surface area contributed by atoms with Crippen molar-refractivity contribution in [3.63, 3.8) is 0 Å². The van der Waals surface area contributed by atoms with Crippen LogP contribution in [0.15, 0.2) is 0 Å². The van der Waals surface area contributed by atoms with Crippen molar-refractivity contribution in [2.24, 2.45) is 5.92 Å². The minimum atomic E-state index is -0.438. The fourth-order valence-electron chi connectivity index (χ4n) is 1.03. The summed E-state index contributed by atoms with van der Waals surface area (Å²) in [7, 11) is 0. The number of hydrogen-bond acceptors (Lipinski definition) is 3. The average Bonchev–Trinajstić information content (AvgIpc) is 2.89. The molecule has 0 heterocycles. The van der Waals surface area contributed by atoms with Crippen LogP contribution >= 0.6 is 0 Å². The molecule has 2 N–H and O–H groups in total. The van der Waals surface area contributed by atoms with Gasteiger partial charge in [0.2, 0.25) is 0 Å². The normalized spacial score (nSPS) is 18.2. The number of hydrogen-bond donors (Lipinski definition) is 2. The summed E-state index contributed by atoms with van der Waals surface area (Å²) >= 11 is 0. The molecule has 0 aromatic rings. The van der Waals surface area contributed by atoms with Crippen LogP contribution in [0.3, 0.4) is 0 Å². The fourth-order valence-corrected chi connectivity index (χ4v) is 1.03. The molecule has 1 saturated carbocycles. The number of aliphatic hydroxyl groups is 1. The summed E-state index contributed by atoms with van der Waals surface area (Å²) in [5.74, 6) is 3.20. The van der Waals surface area contributed by atoms with Gasteiger partial charge in [0.1, 0.15) is 0 Å². The summed E-state index contributed by atoms with van der Waals surface area (Å²) in [4.78, 5) is 0. The van der Waals surface area contributed by atoms with E-state index in [-0.39, 0.29) is 0 Å². The molecule has 0 radical (unpaired) electrons. The van der Waals surface area contributed by atoms with Crippen LogP contribution in [0.4, 0.5) is 0 Å². The minimum Gasteiger partial charge on any atom is -0.389 e. The van der Waals surface area contributed by atoms with Gasteiger partial charge in [0.25, 0.3) is 0 Å². The second-order valence-electron chi connectivity index (χ2n) is 3.47. The van der Waals surface area contributed by atoms with Crippen LogP contribution in [0.25, 0.3) is 0 Å². The molecule has 1 fully saturated rings. The van der Waals surface area contributed by atoms with Gasteiger partial charge in [-0.05, 0) is 18.8 Å². The molecule has 1 rings (SSSR count). The molecule has 0 aromatic carbocycles. The topological polar surface area (TPSA) is 41.5 Å². The zero-order chi connectivity index (χ0) is 9.52. The smallest absolute Gasteiger partial charge is 0.0897 e. The monoisotopic (exact) mass is 183 g/mol. The van der Waals surface area contributed by atoms with E-state index >= 15 is 0 Å². The van der Waals surface area contributed by atoms with E-state index in [0.717, 1.165) is 12.5 Å². The summed E-state index contributed by atoms with van der Waals surface area (Å²) in [6, 6.07) is 0. The van der Waals surface area contributed by atoms with Crippen LogP contribution in [0, 0.1) is 18.3 Å². The number of rotatable bonds is 7. The first-order valence-corrected chi connectivity index (χ1v) is 4.73. The van der Waals surface area contributed by atoms with Gasteiger partial charge in [0.15, 0.2) is 0 Å². The van der Waals surface area contributed by atoms with E-state index in [2.05, 4.69) is 11.2 Å². The number of nitrogens with one attached hydrogen (secondary N) is 1. The Balaban J connectivity index is 1.84. The van der Waals surface area contributed by atoms with E-state index in [1.807, 2.05) is 0 Å². The maximum atomic E-state index is 9.35. The minimum absolute atomic E-state index is 0.411. The Hall–Kier alpha value is -0.560. The van der Waals surface area contributed by atoms with Gasteiger partial charge in [-0.25, -0.2) is 0 Å². The van der Waals surface area contributed by atoms with E-state index in [1.165, 1.54) is 12.8 Å². The predicted molar refractivity (Wildman–Crippen MR) is 51.3 cm³/mol. The Labute approximate surface area is 79.5 Å². The van der Waals surface area contributed by atoms with E-state index < -0.39 is 6.10 Å². The van der Waals surface area contributed by atoms with Crippen molar-refractivity contribution in [1.29, 1.82) is 0 Å². The fraction of sp³-hybridized carbons (Fsp3) is 0.800. The zero-order valence-electron chi connectivity index (χ0n) is 7.83. The maximum Gasteiger partial charge on any atom is 0.0897 e. The van der Waals surface area contributed by atoms with Crippen LogP contribution in [-0.4, -0.2) is 37.5 Å². The average molecular weight is 183 g/mol. The number of terminal acetylenes is 1. The zero-order valence-corrected chi connectivity index (χ0v) is 7.83. The van der Waals surface area contributed by atoms with E-state index in [0.29, 0.717) is 19.7 Å². The highest BCUT2D eigenvalue weighted by Crippen LogP contribution is 2.28. The van der Waals surface area contributed by atoms with Crippen LogP contribution in [-0.2, 0) is 4.74 Å². The summed E-state index contributed by atoms with van der Waals surface area (Å²) < 4.78 is 5.31. The molecule has 0 amide bonds. The van der Waals surface area contributed by atoms with Crippen molar-refractivity contribution >= 4 is 0 Å². The Bertz CT molecular complexity index is 172. The highest BCUT2D eigenvalue weighted by molar-refractivity contribution is 4.86. The van der Waals surface area contributed by atoms with Gasteiger partial charge < -0.3 is 15.2 Å². The summed E-state index contributed by atoms with van der Waals surface area (Å²) in [6.07, 6.45) is 7.17. The van der Waals surface area contributed by atoms with Crippen LogP contribution < -0.4 is 5.32 Å². The lowest BCUT2D eigenvalue weighted by Gasteiger charge is -2.10. The van der Waals surface area contributed by atoms with Crippen molar-refractivity contribution in [3.8, 4) is 12.3 Å². The molecule has 0 spiro atoms. The Morgan fingerprint density at radius 1 is 1.62 bits per heavy atom. The molecule has 74 valence electrons. The summed E-state index contributed by atoms with van der Waals surface area (Å²) in [5, 5.41) is 12.3. The van der Waals surface area contributed by atoms with E-state index in [1.54, 1.807) is 0 Å². The van der Waals surface area contributed by atoms with Crippen LogP contribution in [0.1, 0.15) is 12.8 Å². The second kappa shape index (κ2) is 5.98. The predicted octanol–water partition coefficient (Wildman–Crippen LogP) is -0.00330. The maximum absolute atomic E-state index is 9.35. The standard InChI is InChI=1S/C10H17NO2/c1-2-5-11-6-10(12)8-13-7-9-3-4-9/h1,9-12H,3-8H2. The Morgan fingerprint density at radius 2 is 2.38 bits per heavy atom.